The van der Waals surface area contributed by atoms with Crippen LogP contribution in [-0.4, -0.2) is 43.5 Å². The third kappa shape index (κ3) is 1.78. The summed E-state index contributed by atoms with van der Waals surface area (Å²) >= 11 is 0. The fraction of sp³-hybridized carbons (Fsp3) is 1.00. The minimum absolute atomic E-state index is 1.71. The van der Waals surface area contributed by atoms with Crippen LogP contribution in [0.5, 0.6) is 0 Å². The molecule has 0 aliphatic carbocycles. The molecule has 22 heavy (non-hydrogen) atoms. The zero-order chi connectivity index (χ0) is 18.2. The molecule has 3 nitrogen and oxygen atoms in total. The molecule has 1 aliphatic heterocycles. The number of hydrogen-bond acceptors (Lipinski definition) is 3. The fourth-order valence-electron chi connectivity index (χ4n) is 1.16. The molecule has 1 rings (SSSR count). The van der Waals surface area contributed by atoms with Gasteiger partial charge < -0.3 is 0 Å². The van der Waals surface area contributed by atoms with E-state index < -0.39 is 45.2 Å². The van der Waals surface area contributed by atoms with Gasteiger partial charge in [0.05, 0.1) is 0 Å². The highest BCUT2D eigenvalue weighted by molar-refractivity contribution is 7.87. The Balaban J connectivity index is 3.92. The molecule has 1 heterocycles. The van der Waals surface area contributed by atoms with Gasteiger partial charge in [0, 0.05) is 0 Å². The van der Waals surface area contributed by atoms with Crippen LogP contribution in [0.25, 0.3) is 0 Å². The molecule has 16 heteroatoms. The van der Waals surface area contributed by atoms with Crippen molar-refractivity contribution < 1.29 is 65.3 Å². The minimum atomic E-state index is -7.88. The molecule has 0 N–H and O–H groups in total. The van der Waals surface area contributed by atoms with E-state index in [0.717, 1.165) is 0 Å². The van der Waals surface area contributed by atoms with Gasteiger partial charge in [-0.05, 0) is 0 Å². The fourth-order valence-corrected chi connectivity index (χ4v) is 2.09. The molecule has 0 saturated carbocycles. The lowest BCUT2D eigenvalue weighted by Gasteiger charge is -2.42. The molecule has 1 fully saturated rings. The maximum atomic E-state index is 12.8. The van der Waals surface area contributed by atoms with E-state index in [-0.39, 0.29) is 0 Å². The van der Waals surface area contributed by atoms with Gasteiger partial charge >= 0.3 is 45.2 Å². The molecule has 0 radical (unpaired) electrons. The molecule has 1 aliphatic rings. The van der Waals surface area contributed by atoms with E-state index in [4.69, 9.17) is 0 Å². The van der Waals surface area contributed by atoms with Gasteiger partial charge in [0.15, 0.2) is 0 Å². The summed E-state index contributed by atoms with van der Waals surface area (Å²) in [5.74, 6) is -31.0. The van der Waals surface area contributed by atoms with Crippen LogP contribution in [0.3, 0.4) is 0 Å². The highest BCUT2D eigenvalue weighted by atomic mass is 32.2. The van der Waals surface area contributed by atoms with Crippen LogP contribution < -0.4 is 0 Å². The van der Waals surface area contributed by atoms with Gasteiger partial charge in [0.25, 0.3) is 0 Å². The average molecular weight is 380 g/mol. The normalized spacial score (nSPS) is 33.5. The van der Waals surface area contributed by atoms with E-state index in [1.807, 2.05) is 0 Å². The minimum Gasteiger partial charge on any atom is -0.192 e. The second-order valence-electron chi connectivity index (χ2n) is 3.87. The molecular formula is C6F12O3S. The summed E-state index contributed by atoms with van der Waals surface area (Å²) in [4.78, 5) is 0. The number of hydrogen-bond donors (Lipinski definition) is 0. The van der Waals surface area contributed by atoms with Gasteiger partial charge in [-0.15, -0.1) is 0 Å². The Hall–Kier alpha value is -0.930. The average Bonchev–Trinajstić information content (AvgIpc) is 2.24. The van der Waals surface area contributed by atoms with E-state index in [2.05, 4.69) is 0 Å². The Morgan fingerprint density at radius 3 is 1.23 bits per heavy atom. The van der Waals surface area contributed by atoms with Crippen LogP contribution in [0.1, 0.15) is 0 Å². The van der Waals surface area contributed by atoms with Gasteiger partial charge in [-0.2, -0.15) is 65.3 Å². The van der Waals surface area contributed by atoms with Gasteiger partial charge in [0.1, 0.15) is 0 Å². The summed E-state index contributed by atoms with van der Waals surface area (Å²) in [6.07, 6.45) is -7.17. The Kier molecular flexibility index (Phi) is 3.58. The second kappa shape index (κ2) is 4.12. The summed E-state index contributed by atoms with van der Waals surface area (Å²) in [5.41, 5.74) is 0. The number of halogens is 12. The quantitative estimate of drug-likeness (QED) is 0.479. The Morgan fingerprint density at radius 1 is 0.545 bits per heavy atom. The molecule has 0 unspecified atom stereocenters. The zero-order valence-electron chi connectivity index (χ0n) is 9.17. The summed E-state index contributed by atoms with van der Waals surface area (Å²) in [7, 11) is -7.85. The largest absolute Gasteiger partial charge is 0.440 e. The predicted molar refractivity (Wildman–Crippen MR) is 39.7 cm³/mol. The maximum absolute atomic E-state index is 12.8. The molecule has 132 valence electrons. The van der Waals surface area contributed by atoms with Crippen molar-refractivity contribution in [3.8, 4) is 0 Å². The van der Waals surface area contributed by atoms with Crippen molar-refractivity contribution in [3.05, 3.63) is 0 Å². The van der Waals surface area contributed by atoms with Crippen molar-refractivity contribution in [3.63, 3.8) is 0 Å². The lowest BCUT2D eigenvalue weighted by Crippen LogP contribution is -2.74. The van der Waals surface area contributed by atoms with Gasteiger partial charge in [-0.1, -0.05) is 0 Å². The van der Waals surface area contributed by atoms with Crippen LogP contribution in [0, 0.1) is 0 Å². The molecule has 0 amide bonds. The lowest BCUT2D eigenvalue weighted by atomic mass is 9.98. The lowest BCUT2D eigenvalue weighted by molar-refractivity contribution is -0.449. The molecule has 0 aromatic heterocycles. The van der Waals surface area contributed by atoms with E-state index in [0.29, 0.717) is 0 Å². The SMILES string of the molecule is O=S1(=O)OC(F)(F)C(F)(F)C(F)(F)C(F)(F)C(F)(F)C1(F)F. The summed E-state index contributed by atoms with van der Waals surface area (Å²) < 4.78 is 175. The first-order valence-electron chi connectivity index (χ1n) is 4.43. The first kappa shape index (κ1) is 19.1. The molecule has 0 aromatic rings. The van der Waals surface area contributed by atoms with Crippen LogP contribution in [0.4, 0.5) is 52.7 Å². The summed E-state index contributed by atoms with van der Waals surface area (Å²) in [5, 5.41) is -7.37. The van der Waals surface area contributed by atoms with Crippen molar-refractivity contribution >= 4 is 10.1 Å². The monoisotopic (exact) mass is 380 g/mol. The molecule has 0 spiro atoms. The number of alkyl halides is 12. The van der Waals surface area contributed by atoms with E-state index in [9.17, 15) is 61.1 Å². The van der Waals surface area contributed by atoms with E-state index in [1.165, 1.54) is 0 Å². The molecule has 1 saturated heterocycles. The topological polar surface area (TPSA) is 43.4 Å². The third-order valence-corrected chi connectivity index (χ3v) is 3.76. The zero-order valence-corrected chi connectivity index (χ0v) is 9.99. The van der Waals surface area contributed by atoms with Crippen molar-refractivity contribution in [2.24, 2.45) is 0 Å². The Labute approximate surface area is 111 Å². The second-order valence-corrected chi connectivity index (χ2v) is 5.46. The first-order chi connectivity index (χ1) is 9.21. The van der Waals surface area contributed by atoms with Crippen molar-refractivity contribution in [1.82, 2.24) is 0 Å². The Bertz CT molecular complexity index is 578. The molecule has 0 atom stereocenters. The van der Waals surface area contributed by atoms with Crippen molar-refractivity contribution in [2.45, 2.75) is 35.1 Å². The van der Waals surface area contributed by atoms with E-state index in [1.54, 1.807) is 4.18 Å². The molecule has 0 bridgehead atoms. The molecular weight excluding hydrogens is 380 g/mol. The highest BCUT2D eigenvalue weighted by Crippen LogP contribution is 2.63. The van der Waals surface area contributed by atoms with Crippen molar-refractivity contribution in [1.29, 1.82) is 0 Å². The highest BCUT2D eigenvalue weighted by Gasteiger charge is 2.95. The van der Waals surface area contributed by atoms with Crippen LogP contribution in [0.15, 0.2) is 0 Å². The smallest absolute Gasteiger partial charge is 0.192 e. The van der Waals surface area contributed by atoms with Crippen molar-refractivity contribution in [2.75, 3.05) is 0 Å². The first-order valence-corrected chi connectivity index (χ1v) is 5.83. The Morgan fingerprint density at radius 2 is 0.864 bits per heavy atom. The van der Waals surface area contributed by atoms with E-state index >= 15 is 0 Å². The van der Waals surface area contributed by atoms with Crippen LogP contribution >= 0.6 is 0 Å². The van der Waals surface area contributed by atoms with Gasteiger partial charge in [-0.3, -0.25) is 0 Å². The number of rotatable bonds is 0. The van der Waals surface area contributed by atoms with Gasteiger partial charge in [0.2, 0.25) is 0 Å². The van der Waals surface area contributed by atoms with Crippen LogP contribution in [0.2, 0.25) is 0 Å². The standard InChI is InChI=1S/C6F12O3S/c7-1(8)2(9,10)4(13,14)6(17,18)22(19,20)21-5(15,16)3(1,11)12. The predicted octanol–water partition coefficient (Wildman–Crippen LogP) is 3.07. The summed E-state index contributed by atoms with van der Waals surface area (Å²) in [6.45, 7) is 0. The molecule has 0 aromatic carbocycles. The van der Waals surface area contributed by atoms with Gasteiger partial charge in [-0.25, -0.2) is 0 Å². The summed E-state index contributed by atoms with van der Waals surface area (Å²) in [6, 6.07) is 0. The third-order valence-electron chi connectivity index (χ3n) is 2.44. The van der Waals surface area contributed by atoms with Crippen LogP contribution in [-0.2, 0) is 14.3 Å². The maximum Gasteiger partial charge on any atom is 0.440 e.